The van der Waals surface area contributed by atoms with Gasteiger partial charge in [-0.1, -0.05) is 13.8 Å². The zero-order valence-electron chi connectivity index (χ0n) is 7.61. The van der Waals surface area contributed by atoms with Crippen molar-refractivity contribution in [2.75, 3.05) is 0 Å². The monoisotopic (exact) mass is 177 g/mol. The van der Waals surface area contributed by atoms with Gasteiger partial charge in [-0.2, -0.15) is 0 Å². The maximum Gasteiger partial charge on any atom is 0.272 e. The van der Waals surface area contributed by atoms with Gasteiger partial charge in [-0.25, -0.2) is 9.50 Å². The van der Waals surface area contributed by atoms with Crippen LogP contribution in [0.4, 0.5) is 0 Å². The highest BCUT2D eigenvalue weighted by Crippen LogP contribution is 2.11. The predicted molar refractivity (Wildman–Crippen MR) is 49.9 cm³/mol. The van der Waals surface area contributed by atoms with E-state index in [1.807, 2.05) is 6.07 Å². The first-order valence-electron chi connectivity index (χ1n) is 4.25. The lowest BCUT2D eigenvalue weighted by atomic mass is 10.1. The summed E-state index contributed by atoms with van der Waals surface area (Å²) in [5.74, 6) is 0.376. The Bertz CT molecular complexity index is 481. The Morgan fingerprint density at radius 3 is 2.92 bits per heavy atom. The van der Waals surface area contributed by atoms with Gasteiger partial charge in [-0.15, -0.1) is 0 Å². The third-order valence-electron chi connectivity index (χ3n) is 2.02. The van der Waals surface area contributed by atoms with E-state index < -0.39 is 0 Å². The Morgan fingerprint density at radius 2 is 2.31 bits per heavy atom. The fourth-order valence-corrected chi connectivity index (χ4v) is 1.23. The Kier molecular flexibility index (Phi) is 1.69. The third-order valence-corrected chi connectivity index (χ3v) is 2.02. The molecule has 0 bridgehead atoms. The van der Waals surface area contributed by atoms with Gasteiger partial charge in [-0.05, 0) is 5.92 Å². The van der Waals surface area contributed by atoms with Crippen LogP contribution in [0.1, 0.15) is 25.5 Å². The molecule has 2 heterocycles. The number of aromatic nitrogens is 3. The number of nitrogens with zero attached hydrogens (tertiary/aromatic N) is 2. The van der Waals surface area contributed by atoms with E-state index in [-0.39, 0.29) is 5.56 Å². The lowest BCUT2D eigenvalue weighted by molar-refractivity contribution is 0.776. The normalized spacial score (nSPS) is 11.3. The summed E-state index contributed by atoms with van der Waals surface area (Å²) in [5.41, 5.74) is 1.63. The van der Waals surface area contributed by atoms with Crippen molar-refractivity contribution in [1.29, 1.82) is 0 Å². The first-order valence-corrected chi connectivity index (χ1v) is 4.25. The molecule has 2 aromatic rings. The van der Waals surface area contributed by atoms with Crippen molar-refractivity contribution in [1.82, 2.24) is 14.6 Å². The number of H-pyrrole nitrogens is 1. The van der Waals surface area contributed by atoms with E-state index in [1.54, 1.807) is 0 Å². The molecule has 1 N–H and O–H groups in total. The van der Waals surface area contributed by atoms with E-state index in [0.29, 0.717) is 11.6 Å². The number of fused-ring (bicyclic) bond motifs is 1. The summed E-state index contributed by atoms with van der Waals surface area (Å²) >= 11 is 0. The molecular formula is C9H11N3O. The van der Waals surface area contributed by atoms with Gasteiger partial charge in [-0.3, -0.25) is 9.89 Å². The molecule has 0 aliphatic carbocycles. The van der Waals surface area contributed by atoms with E-state index in [9.17, 15) is 4.79 Å². The minimum Gasteiger partial charge on any atom is -0.293 e. The predicted octanol–water partition coefficient (Wildman–Crippen LogP) is 1.15. The van der Waals surface area contributed by atoms with Gasteiger partial charge in [0.25, 0.3) is 5.56 Å². The third kappa shape index (κ3) is 1.24. The molecule has 4 heteroatoms. The van der Waals surface area contributed by atoms with Crippen LogP contribution in [0.15, 0.2) is 23.1 Å². The Hall–Kier alpha value is -1.58. The lowest BCUT2D eigenvalue weighted by Crippen LogP contribution is -2.12. The Labute approximate surface area is 75.2 Å². The topological polar surface area (TPSA) is 50.2 Å². The van der Waals surface area contributed by atoms with Gasteiger partial charge < -0.3 is 0 Å². The van der Waals surface area contributed by atoms with Gasteiger partial charge >= 0.3 is 0 Å². The molecule has 2 aromatic heterocycles. The van der Waals surface area contributed by atoms with Gasteiger partial charge in [0.2, 0.25) is 0 Å². The second kappa shape index (κ2) is 2.73. The minimum atomic E-state index is -0.0723. The summed E-state index contributed by atoms with van der Waals surface area (Å²) < 4.78 is 1.45. The van der Waals surface area contributed by atoms with Crippen LogP contribution in [0, 0.1) is 0 Å². The van der Waals surface area contributed by atoms with Crippen molar-refractivity contribution in [2.45, 2.75) is 19.8 Å². The van der Waals surface area contributed by atoms with Crippen molar-refractivity contribution in [3.8, 4) is 0 Å². The van der Waals surface area contributed by atoms with Crippen LogP contribution < -0.4 is 5.56 Å². The quantitative estimate of drug-likeness (QED) is 0.710. The van der Waals surface area contributed by atoms with E-state index in [4.69, 9.17) is 0 Å². The van der Waals surface area contributed by atoms with Crippen LogP contribution >= 0.6 is 0 Å². The molecule has 0 fully saturated rings. The van der Waals surface area contributed by atoms with Crippen molar-refractivity contribution >= 4 is 5.65 Å². The summed E-state index contributed by atoms with van der Waals surface area (Å²) in [5, 5.41) is 3.00. The largest absolute Gasteiger partial charge is 0.293 e. The van der Waals surface area contributed by atoms with Crippen LogP contribution in [0.2, 0.25) is 0 Å². The number of hydrogen-bond acceptors (Lipinski definition) is 2. The Morgan fingerprint density at radius 1 is 1.54 bits per heavy atom. The summed E-state index contributed by atoms with van der Waals surface area (Å²) in [6.07, 6.45) is 1.52. The summed E-state index contributed by atoms with van der Waals surface area (Å²) in [7, 11) is 0. The molecule has 0 saturated carbocycles. The molecule has 0 atom stereocenters. The highest BCUT2D eigenvalue weighted by molar-refractivity contribution is 5.38. The molecule has 68 valence electrons. The maximum atomic E-state index is 11.3. The Balaban J connectivity index is 2.76. The van der Waals surface area contributed by atoms with E-state index in [1.165, 1.54) is 16.8 Å². The second-order valence-electron chi connectivity index (χ2n) is 3.34. The maximum absolute atomic E-state index is 11.3. The fourth-order valence-electron chi connectivity index (χ4n) is 1.23. The molecule has 2 rings (SSSR count). The molecule has 0 amide bonds. The standard InChI is InChI=1S/C9H11N3O/c1-6(2)7-5-8-10-4-3-9(13)12(8)11-7/h3-6,11H,1-2H3. The fraction of sp³-hybridized carbons (Fsp3) is 0.333. The SMILES string of the molecule is CC(C)c1cc2nccc(=O)n2[nH]1. The van der Waals surface area contributed by atoms with Gasteiger partial charge in [0.05, 0.1) is 0 Å². The summed E-state index contributed by atoms with van der Waals surface area (Å²) in [6, 6.07) is 3.33. The van der Waals surface area contributed by atoms with Crippen molar-refractivity contribution < 1.29 is 0 Å². The number of hydrogen-bond donors (Lipinski definition) is 1. The number of nitrogens with one attached hydrogen (secondary N) is 1. The molecule has 0 saturated heterocycles. The van der Waals surface area contributed by atoms with Crippen LogP contribution in [-0.2, 0) is 0 Å². The van der Waals surface area contributed by atoms with Gasteiger partial charge in [0.15, 0.2) is 5.65 Å². The van der Waals surface area contributed by atoms with E-state index in [2.05, 4.69) is 23.9 Å². The highest BCUT2D eigenvalue weighted by Gasteiger charge is 2.04. The second-order valence-corrected chi connectivity index (χ2v) is 3.34. The zero-order chi connectivity index (χ0) is 9.42. The first kappa shape index (κ1) is 8.04. The lowest BCUT2D eigenvalue weighted by Gasteiger charge is -1.97. The van der Waals surface area contributed by atoms with E-state index in [0.717, 1.165) is 5.69 Å². The van der Waals surface area contributed by atoms with Crippen molar-refractivity contribution in [3.05, 3.63) is 34.4 Å². The van der Waals surface area contributed by atoms with Crippen LogP contribution in [0.5, 0.6) is 0 Å². The minimum absolute atomic E-state index is 0.0723. The molecular weight excluding hydrogens is 166 g/mol. The van der Waals surface area contributed by atoms with Crippen LogP contribution in [-0.4, -0.2) is 14.6 Å². The molecule has 4 nitrogen and oxygen atoms in total. The van der Waals surface area contributed by atoms with Crippen LogP contribution in [0.25, 0.3) is 5.65 Å². The van der Waals surface area contributed by atoms with Gasteiger partial charge in [0, 0.05) is 24.0 Å². The first-order chi connectivity index (χ1) is 6.18. The van der Waals surface area contributed by atoms with Crippen molar-refractivity contribution in [2.24, 2.45) is 0 Å². The average Bonchev–Trinajstić information content (AvgIpc) is 2.49. The highest BCUT2D eigenvalue weighted by atomic mass is 16.1. The molecule has 0 aromatic carbocycles. The summed E-state index contributed by atoms with van der Waals surface area (Å²) in [6.45, 7) is 4.13. The average molecular weight is 177 g/mol. The van der Waals surface area contributed by atoms with Crippen LogP contribution in [0.3, 0.4) is 0 Å². The zero-order valence-corrected chi connectivity index (χ0v) is 7.61. The summed E-state index contributed by atoms with van der Waals surface area (Å²) in [4.78, 5) is 15.4. The smallest absolute Gasteiger partial charge is 0.272 e. The number of aromatic amines is 1. The molecule has 0 aliphatic rings. The molecule has 0 unspecified atom stereocenters. The van der Waals surface area contributed by atoms with Crippen molar-refractivity contribution in [3.63, 3.8) is 0 Å². The molecule has 13 heavy (non-hydrogen) atoms. The number of rotatable bonds is 1. The molecule has 0 radical (unpaired) electrons. The molecule has 0 spiro atoms. The van der Waals surface area contributed by atoms with E-state index >= 15 is 0 Å². The molecule has 0 aliphatic heterocycles. The van der Waals surface area contributed by atoms with Gasteiger partial charge in [0.1, 0.15) is 0 Å².